The summed E-state index contributed by atoms with van der Waals surface area (Å²) in [5.74, 6) is -1.00. The molecule has 0 aromatic rings. The molecule has 292 valence electrons. The molecular formula is C43H67O8P. The van der Waals surface area contributed by atoms with E-state index in [1.165, 1.54) is 6.42 Å². The molecule has 0 unspecified atom stereocenters. The first kappa shape index (κ1) is 48.7. The molecule has 0 spiro atoms. The van der Waals surface area contributed by atoms with Crippen molar-refractivity contribution in [1.29, 1.82) is 0 Å². The first-order valence-electron chi connectivity index (χ1n) is 19.2. The van der Waals surface area contributed by atoms with Gasteiger partial charge in [-0.15, -0.1) is 0 Å². The standard InChI is InChI=1S/C43H67O8P/c1-3-5-7-9-11-13-15-17-19-21-23-25-27-29-31-33-35-37-42(44)49-39-41(40-50-52(46,47)48)51-43(45)38-36-34-32-30-28-26-24-22-20-18-16-14-12-10-8-6-4-2/h5,7-8,10-11,13-14,16-17,19-20,22-23,25-26,28-29,31,41H,3-4,6,9,12,15,18,21,24,27,30,32-40H2,1-2H3,(H2,46,47,48)/b7-5+,10-8+,13-11+,16-14+,19-17+,22-20+,25-23+,28-26+,31-29+/t41-/m1/s1. The van der Waals surface area contributed by atoms with E-state index in [1.807, 2.05) is 6.08 Å². The molecule has 0 aliphatic heterocycles. The number of rotatable bonds is 33. The second-order valence-electron chi connectivity index (χ2n) is 12.2. The number of ether oxygens (including phenoxy) is 2. The van der Waals surface area contributed by atoms with Crippen LogP contribution in [-0.4, -0.2) is 41.0 Å². The number of phosphoric ester groups is 1. The van der Waals surface area contributed by atoms with Crippen LogP contribution in [0.4, 0.5) is 0 Å². The monoisotopic (exact) mass is 742 g/mol. The molecule has 0 aromatic heterocycles. The zero-order valence-electron chi connectivity index (χ0n) is 31.9. The molecule has 0 aliphatic carbocycles. The van der Waals surface area contributed by atoms with Crippen molar-refractivity contribution in [1.82, 2.24) is 0 Å². The highest BCUT2D eigenvalue weighted by atomic mass is 31.2. The van der Waals surface area contributed by atoms with Crippen LogP contribution in [-0.2, 0) is 28.2 Å². The molecule has 0 saturated carbocycles. The molecule has 0 amide bonds. The lowest BCUT2D eigenvalue weighted by Gasteiger charge is -2.18. The molecule has 0 heterocycles. The van der Waals surface area contributed by atoms with Gasteiger partial charge in [0.25, 0.3) is 0 Å². The highest BCUT2D eigenvalue weighted by molar-refractivity contribution is 7.46. The third kappa shape index (κ3) is 39.5. The van der Waals surface area contributed by atoms with Gasteiger partial charge in [-0.25, -0.2) is 4.57 Å². The number of unbranched alkanes of at least 4 members (excludes halogenated alkanes) is 5. The van der Waals surface area contributed by atoms with E-state index in [1.54, 1.807) is 0 Å². The molecular weight excluding hydrogens is 675 g/mol. The van der Waals surface area contributed by atoms with E-state index in [0.29, 0.717) is 19.3 Å². The zero-order valence-corrected chi connectivity index (χ0v) is 32.8. The summed E-state index contributed by atoms with van der Waals surface area (Å²) in [6, 6.07) is 0. The number of esters is 2. The summed E-state index contributed by atoms with van der Waals surface area (Å²) in [5, 5.41) is 0. The molecule has 9 heteroatoms. The predicted molar refractivity (Wildman–Crippen MR) is 216 cm³/mol. The molecule has 0 aromatic carbocycles. The second-order valence-corrected chi connectivity index (χ2v) is 13.4. The maximum absolute atomic E-state index is 12.4. The molecule has 8 nitrogen and oxygen atoms in total. The van der Waals surface area contributed by atoms with Gasteiger partial charge in [-0.1, -0.05) is 136 Å². The average molecular weight is 743 g/mol. The van der Waals surface area contributed by atoms with Crippen LogP contribution in [0.25, 0.3) is 0 Å². The van der Waals surface area contributed by atoms with Crippen molar-refractivity contribution < 1.29 is 37.9 Å². The number of hydrogen-bond donors (Lipinski definition) is 2. The van der Waals surface area contributed by atoms with E-state index in [2.05, 4.69) is 122 Å². The normalized spacial score (nSPS) is 13.7. The number of phosphoric acid groups is 1. The van der Waals surface area contributed by atoms with E-state index >= 15 is 0 Å². The summed E-state index contributed by atoms with van der Waals surface area (Å²) in [4.78, 5) is 42.7. The molecule has 52 heavy (non-hydrogen) atoms. The van der Waals surface area contributed by atoms with Gasteiger partial charge in [0, 0.05) is 12.8 Å². The van der Waals surface area contributed by atoms with Gasteiger partial charge >= 0.3 is 19.8 Å². The van der Waals surface area contributed by atoms with Gasteiger partial charge in [0.15, 0.2) is 6.10 Å². The van der Waals surface area contributed by atoms with Crippen LogP contribution in [0.1, 0.15) is 129 Å². The van der Waals surface area contributed by atoms with Crippen molar-refractivity contribution in [3.05, 3.63) is 109 Å². The van der Waals surface area contributed by atoms with E-state index in [0.717, 1.165) is 77.0 Å². The Labute approximate surface area is 315 Å². The Kier molecular flexibility index (Phi) is 35.1. The van der Waals surface area contributed by atoms with E-state index in [-0.39, 0.29) is 19.4 Å². The van der Waals surface area contributed by atoms with Gasteiger partial charge < -0.3 is 19.3 Å². The summed E-state index contributed by atoms with van der Waals surface area (Å²) >= 11 is 0. The van der Waals surface area contributed by atoms with Crippen molar-refractivity contribution in [3.8, 4) is 0 Å². The first-order chi connectivity index (χ1) is 25.3. The number of carbonyl (C=O) groups excluding carboxylic acids is 2. The van der Waals surface area contributed by atoms with Crippen molar-refractivity contribution in [2.45, 2.75) is 136 Å². The maximum Gasteiger partial charge on any atom is 0.469 e. The van der Waals surface area contributed by atoms with Crippen molar-refractivity contribution in [2.24, 2.45) is 0 Å². The molecule has 2 N–H and O–H groups in total. The molecule has 0 rings (SSSR count). The minimum absolute atomic E-state index is 0.155. The fraction of sp³-hybridized carbons (Fsp3) is 0.535. The first-order valence-corrected chi connectivity index (χ1v) is 20.7. The van der Waals surface area contributed by atoms with Crippen LogP contribution >= 0.6 is 7.82 Å². The van der Waals surface area contributed by atoms with Gasteiger partial charge in [-0.2, -0.15) is 0 Å². The summed E-state index contributed by atoms with van der Waals surface area (Å²) in [6.45, 7) is 3.40. The summed E-state index contributed by atoms with van der Waals surface area (Å²) in [6.07, 6.45) is 52.4. The minimum Gasteiger partial charge on any atom is -0.462 e. The molecule has 1 atom stereocenters. The molecule has 0 fully saturated rings. The van der Waals surface area contributed by atoms with Gasteiger partial charge in [-0.3, -0.25) is 14.1 Å². The highest BCUT2D eigenvalue weighted by Crippen LogP contribution is 2.35. The lowest BCUT2D eigenvalue weighted by molar-refractivity contribution is -0.161. The number of allylic oxidation sites excluding steroid dienone is 18. The molecule has 0 saturated heterocycles. The van der Waals surface area contributed by atoms with Crippen LogP contribution in [0.3, 0.4) is 0 Å². The number of carbonyl (C=O) groups is 2. The summed E-state index contributed by atoms with van der Waals surface area (Å²) in [5.41, 5.74) is 0. The lowest BCUT2D eigenvalue weighted by Crippen LogP contribution is -2.29. The van der Waals surface area contributed by atoms with Crippen molar-refractivity contribution >= 4 is 19.8 Å². The quantitative estimate of drug-likeness (QED) is 0.0295. The fourth-order valence-corrected chi connectivity index (χ4v) is 4.82. The lowest BCUT2D eigenvalue weighted by atomic mass is 10.1. The summed E-state index contributed by atoms with van der Waals surface area (Å²) < 4.78 is 26.2. The third-order valence-corrected chi connectivity index (χ3v) is 7.74. The molecule has 0 aliphatic rings. The smallest absolute Gasteiger partial charge is 0.462 e. The Morgan fingerprint density at radius 3 is 1.40 bits per heavy atom. The summed E-state index contributed by atoms with van der Waals surface area (Å²) in [7, 11) is -4.78. The number of hydrogen-bond acceptors (Lipinski definition) is 6. The van der Waals surface area contributed by atoms with Crippen molar-refractivity contribution in [2.75, 3.05) is 13.2 Å². The second kappa shape index (κ2) is 37.5. The van der Waals surface area contributed by atoms with E-state index in [4.69, 9.17) is 19.3 Å². The maximum atomic E-state index is 12.4. The van der Waals surface area contributed by atoms with Crippen LogP contribution in [0.2, 0.25) is 0 Å². The van der Waals surface area contributed by atoms with Crippen molar-refractivity contribution in [3.63, 3.8) is 0 Å². The third-order valence-electron chi connectivity index (χ3n) is 7.26. The van der Waals surface area contributed by atoms with E-state index < -0.39 is 32.5 Å². The van der Waals surface area contributed by atoms with Crippen LogP contribution in [0.5, 0.6) is 0 Å². The molecule has 0 bridgehead atoms. The Morgan fingerprint density at radius 1 is 0.519 bits per heavy atom. The Balaban J connectivity index is 4.16. The van der Waals surface area contributed by atoms with Gasteiger partial charge in [0.05, 0.1) is 6.61 Å². The molecule has 0 radical (unpaired) electrons. The Hall–Kier alpha value is -3.29. The van der Waals surface area contributed by atoms with Gasteiger partial charge in [0.2, 0.25) is 0 Å². The highest BCUT2D eigenvalue weighted by Gasteiger charge is 2.22. The van der Waals surface area contributed by atoms with E-state index in [9.17, 15) is 14.2 Å². The Bertz CT molecular complexity index is 1200. The van der Waals surface area contributed by atoms with Crippen LogP contribution in [0.15, 0.2) is 109 Å². The predicted octanol–water partition coefficient (Wildman–Crippen LogP) is 11.6. The van der Waals surface area contributed by atoms with Crippen LogP contribution < -0.4 is 0 Å². The average Bonchev–Trinajstić information content (AvgIpc) is 3.11. The fourth-order valence-electron chi connectivity index (χ4n) is 4.46. The largest absolute Gasteiger partial charge is 0.469 e. The minimum atomic E-state index is -4.78. The topological polar surface area (TPSA) is 119 Å². The van der Waals surface area contributed by atoms with Crippen LogP contribution in [0, 0.1) is 0 Å². The SMILES string of the molecule is CC/C=C/C/C=C/C/C=C/C/C=C/C/C=C/CCCC(=O)OC[C@H](COP(=O)(O)O)OC(=O)CCCCC/C=C/C/C=C/C/C=C/C/C=C/CCC. The Morgan fingerprint density at radius 2 is 0.942 bits per heavy atom. The van der Waals surface area contributed by atoms with Gasteiger partial charge in [0.1, 0.15) is 6.61 Å². The van der Waals surface area contributed by atoms with Gasteiger partial charge in [-0.05, 0) is 89.9 Å². The zero-order chi connectivity index (χ0) is 38.2.